The van der Waals surface area contributed by atoms with Crippen LogP contribution in [0.2, 0.25) is 0 Å². The van der Waals surface area contributed by atoms with Gasteiger partial charge in [-0.1, -0.05) is 0 Å². The molecule has 0 radical (unpaired) electrons. The maximum absolute atomic E-state index is 6.10. The van der Waals surface area contributed by atoms with Crippen LogP contribution in [0.1, 0.15) is 24.6 Å². The Balaban J connectivity index is 1.99. The summed E-state index contributed by atoms with van der Waals surface area (Å²) in [4.78, 5) is 4.24. The van der Waals surface area contributed by atoms with Crippen LogP contribution in [0.3, 0.4) is 0 Å². The summed E-state index contributed by atoms with van der Waals surface area (Å²) in [6.07, 6.45) is 2.14. The minimum atomic E-state index is 0.107. The number of nitrogens with two attached hydrogens (primary N) is 1. The molecule has 2 N–H and O–H groups in total. The first-order chi connectivity index (χ1) is 6.38. The molecule has 1 unspecified atom stereocenters. The summed E-state index contributed by atoms with van der Waals surface area (Å²) in [7, 11) is 0. The maximum atomic E-state index is 6.10. The molecular weight excluding hydrogens is 184 g/mol. The molecule has 0 amide bonds. The van der Waals surface area contributed by atoms with E-state index in [0.717, 1.165) is 31.7 Å². The molecule has 13 heavy (non-hydrogen) atoms. The number of hydrogen-bond donors (Lipinski definition) is 1. The molecule has 1 aliphatic heterocycles. The lowest BCUT2D eigenvalue weighted by Gasteiger charge is -2.26. The van der Waals surface area contributed by atoms with Crippen LogP contribution in [0.4, 0.5) is 0 Å². The SMILES string of the molecule is NC(c1cscn1)C1CCOCC1. The van der Waals surface area contributed by atoms with Gasteiger partial charge in [0.05, 0.1) is 17.2 Å². The first-order valence-electron chi connectivity index (χ1n) is 4.59. The lowest BCUT2D eigenvalue weighted by molar-refractivity contribution is 0.0580. The molecular formula is C9H14N2OS. The standard InChI is InChI=1S/C9H14N2OS/c10-9(8-5-13-6-11-8)7-1-3-12-4-2-7/h5-7,9H,1-4,10H2. The van der Waals surface area contributed by atoms with Gasteiger partial charge in [-0.15, -0.1) is 11.3 Å². The molecule has 0 bridgehead atoms. The highest BCUT2D eigenvalue weighted by molar-refractivity contribution is 7.07. The van der Waals surface area contributed by atoms with E-state index in [-0.39, 0.29) is 6.04 Å². The highest BCUT2D eigenvalue weighted by atomic mass is 32.1. The van der Waals surface area contributed by atoms with E-state index >= 15 is 0 Å². The lowest BCUT2D eigenvalue weighted by Crippen LogP contribution is -2.27. The molecule has 2 heterocycles. The molecule has 0 saturated carbocycles. The third-order valence-electron chi connectivity index (χ3n) is 2.57. The van der Waals surface area contributed by atoms with Crippen molar-refractivity contribution in [3.05, 3.63) is 16.6 Å². The molecule has 72 valence electrons. The summed E-state index contributed by atoms with van der Waals surface area (Å²) < 4.78 is 5.29. The summed E-state index contributed by atoms with van der Waals surface area (Å²) in [6.45, 7) is 1.70. The normalized spacial score (nSPS) is 21.6. The van der Waals surface area contributed by atoms with Gasteiger partial charge in [0, 0.05) is 18.6 Å². The summed E-state index contributed by atoms with van der Waals surface area (Å²) in [6, 6.07) is 0.107. The van der Waals surface area contributed by atoms with E-state index in [1.165, 1.54) is 0 Å². The fraction of sp³-hybridized carbons (Fsp3) is 0.667. The smallest absolute Gasteiger partial charge is 0.0795 e. The number of ether oxygens (including phenoxy) is 1. The predicted molar refractivity (Wildman–Crippen MR) is 52.6 cm³/mol. The predicted octanol–water partition coefficient (Wildman–Crippen LogP) is 1.57. The second kappa shape index (κ2) is 4.17. The molecule has 2 rings (SSSR count). The number of rotatable bonds is 2. The Morgan fingerprint density at radius 3 is 2.92 bits per heavy atom. The van der Waals surface area contributed by atoms with Gasteiger partial charge in [0.15, 0.2) is 0 Å². The van der Waals surface area contributed by atoms with Gasteiger partial charge in [-0.25, -0.2) is 4.98 Å². The van der Waals surface area contributed by atoms with Gasteiger partial charge in [0.1, 0.15) is 0 Å². The van der Waals surface area contributed by atoms with E-state index in [1.807, 2.05) is 10.9 Å². The molecule has 1 atom stereocenters. The molecule has 1 fully saturated rings. The van der Waals surface area contributed by atoms with Crippen LogP contribution in [0, 0.1) is 5.92 Å². The third kappa shape index (κ3) is 2.07. The molecule has 0 aliphatic carbocycles. The van der Waals surface area contributed by atoms with Crippen molar-refractivity contribution in [1.82, 2.24) is 4.98 Å². The van der Waals surface area contributed by atoms with Crippen LogP contribution >= 0.6 is 11.3 Å². The zero-order valence-corrected chi connectivity index (χ0v) is 8.30. The van der Waals surface area contributed by atoms with Gasteiger partial charge in [-0.3, -0.25) is 0 Å². The Labute approximate surface area is 81.9 Å². The molecule has 0 spiro atoms. The van der Waals surface area contributed by atoms with Crippen molar-refractivity contribution in [2.24, 2.45) is 11.7 Å². The second-order valence-electron chi connectivity index (χ2n) is 3.39. The summed E-state index contributed by atoms with van der Waals surface area (Å²) in [5.41, 5.74) is 8.98. The Kier molecular flexibility index (Phi) is 2.93. The first-order valence-corrected chi connectivity index (χ1v) is 5.53. The average molecular weight is 198 g/mol. The van der Waals surface area contributed by atoms with Crippen LogP contribution < -0.4 is 5.73 Å². The molecule has 1 aromatic heterocycles. The highest BCUT2D eigenvalue weighted by Gasteiger charge is 2.23. The molecule has 3 nitrogen and oxygen atoms in total. The van der Waals surface area contributed by atoms with E-state index in [0.29, 0.717) is 5.92 Å². The van der Waals surface area contributed by atoms with Crippen LogP contribution in [0.25, 0.3) is 0 Å². The average Bonchev–Trinajstić information content (AvgIpc) is 2.71. The number of nitrogens with zero attached hydrogens (tertiary/aromatic N) is 1. The van der Waals surface area contributed by atoms with E-state index in [1.54, 1.807) is 11.3 Å². The fourth-order valence-corrected chi connectivity index (χ4v) is 2.30. The van der Waals surface area contributed by atoms with Crippen molar-refractivity contribution in [3.8, 4) is 0 Å². The maximum Gasteiger partial charge on any atom is 0.0795 e. The van der Waals surface area contributed by atoms with Gasteiger partial charge in [0.2, 0.25) is 0 Å². The molecule has 1 aromatic rings. The molecule has 0 aromatic carbocycles. The van der Waals surface area contributed by atoms with Gasteiger partial charge >= 0.3 is 0 Å². The first kappa shape index (κ1) is 9.12. The lowest BCUT2D eigenvalue weighted by atomic mass is 9.91. The Morgan fingerprint density at radius 1 is 1.54 bits per heavy atom. The van der Waals surface area contributed by atoms with Crippen molar-refractivity contribution in [1.29, 1.82) is 0 Å². The summed E-state index contributed by atoms with van der Waals surface area (Å²) >= 11 is 1.61. The number of aromatic nitrogens is 1. The van der Waals surface area contributed by atoms with E-state index in [9.17, 15) is 0 Å². The van der Waals surface area contributed by atoms with Crippen LogP contribution in [0.15, 0.2) is 10.9 Å². The zero-order valence-electron chi connectivity index (χ0n) is 7.48. The zero-order chi connectivity index (χ0) is 9.10. The monoisotopic (exact) mass is 198 g/mol. The van der Waals surface area contributed by atoms with Crippen LogP contribution in [-0.2, 0) is 4.74 Å². The molecule has 4 heteroatoms. The summed E-state index contributed by atoms with van der Waals surface area (Å²) in [5, 5.41) is 2.04. The van der Waals surface area contributed by atoms with Crippen LogP contribution in [-0.4, -0.2) is 18.2 Å². The van der Waals surface area contributed by atoms with Gasteiger partial charge in [0.25, 0.3) is 0 Å². The third-order valence-corrected chi connectivity index (χ3v) is 3.17. The number of hydrogen-bond acceptors (Lipinski definition) is 4. The van der Waals surface area contributed by atoms with Gasteiger partial charge < -0.3 is 10.5 Å². The fourth-order valence-electron chi connectivity index (χ4n) is 1.70. The van der Waals surface area contributed by atoms with E-state index in [2.05, 4.69) is 4.98 Å². The van der Waals surface area contributed by atoms with Gasteiger partial charge in [-0.2, -0.15) is 0 Å². The largest absolute Gasteiger partial charge is 0.381 e. The van der Waals surface area contributed by atoms with Crippen molar-refractivity contribution in [2.75, 3.05) is 13.2 Å². The Bertz CT molecular complexity index is 244. The van der Waals surface area contributed by atoms with E-state index in [4.69, 9.17) is 10.5 Å². The van der Waals surface area contributed by atoms with Crippen LogP contribution in [0.5, 0.6) is 0 Å². The van der Waals surface area contributed by atoms with E-state index < -0.39 is 0 Å². The van der Waals surface area contributed by atoms with Gasteiger partial charge in [-0.05, 0) is 18.8 Å². The molecule has 1 saturated heterocycles. The number of thiazole rings is 1. The second-order valence-corrected chi connectivity index (χ2v) is 4.11. The van der Waals surface area contributed by atoms with Crippen molar-refractivity contribution < 1.29 is 4.74 Å². The summed E-state index contributed by atoms with van der Waals surface area (Å²) in [5.74, 6) is 0.552. The minimum Gasteiger partial charge on any atom is -0.381 e. The minimum absolute atomic E-state index is 0.107. The molecule has 1 aliphatic rings. The highest BCUT2D eigenvalue weighted by Crippen LogP contribution is 2.27. The quantitative estimate of drug-likeness (QED) is 0.784. The van der Waals surface area contributed by atoms with Crippen molar-refractivity contribution >= 4 is 11.3 Å². The Hall–Kier alpha value is -0.450. The Morgan fingerprint density at radius 2 is 2.31 bits per heavy atom. The topological polar surface area (TPSA) is 48.1 Å². The van der Waals surface area contributed by atoms with Crippen molar-refractivity contribution in [2.45, 2.75) is 18.9 Å². The van der Waals surface area contributed by atoms with Crippen molar-refractivity contribution in [3.63, 3.8) is 0 Å².